The molecule has 0 saturated carbocycles. The average molecular weight is 805 g/mol. The van der Waals surface area contributed by atoms with Crippen molar-refractivity contribution in [2.45, 2.75) is 182 Å². The number of fused-ring (bicyclic) bond motifs is 2. The van der Waals surface area contributed by atoms with Gasteiger partial charge in [-0.2, -0.15) is 0 Å². The highest BCUT2D eigenvalue weighted by Gasteiger charge is 2.56. The highest BCUT2D eigenvalue weighted by Crippen LogP contribution is 2.49. The van der Waals surface area contributed by atoms with E-state index in [0.29, 0.717) is 32.1 Å². The molecule has 3 rings (SSSR count). The summed E-state index contributed by atoms with van der Waals surface area (Å²) in [5.74, 6) is -7.28. The van der Waals surface area contributed by atoms with Gasteiger partial charge in [-0.3, -0.25) is 9.59 Å². The molecule has 2 saturated heterocycles. The Labute approximate surface area is 342 Å². The summed E-state index contributed by atoms with van der Waals surface area (Å²) in [6, 6.07) is 0. The van der Waals surface area contributed by atoms with Gasteiger partial charge in [0.1, 0.15) is 17.5 Å². The van der Waals surface area contributed by atoms with Crippen LogP contribution in [0.2, 0.25) is 0 Å². The van der Waals surface area contributed by atoms with Gasteiger partial charge in [0, 0.05) is 48.0 Å². The van der Waals surface area contributed by atoms with Gasteiger partial charge in [0.15, 0.2) is 11.6 Å². The van der Waals surface area contributed by atoms with Crippen molar-refractivity contribution in [3.05, 3.63) is 36.5 Å². The minimum atomic E-state index is -2.18. The van der Waals surface area contributed by atoms with Gasteiger partial charge in [-0.1, -0.05) is 99.6 Å². The molecule has 5 N–H and O–H groups in total. The largest absolute Gasteiger partial charge is 0.458 e. The Morgan fingerprint density at radius 2 is 1.47 bits per heavy atom. The number of hydrogen-bond donors (Lipinski definition) is 5. The Balaban J connectivity index is 1.99. The van der Waals surface area contributed by atoms with Gasteiger partial charge >= 0.3 is 5.97 Å². The second kappa shape index (κ2) is 21.3. The van der Waals surface area contributed by atoms with Crippen molar-refractivity contribution < 1.29 is 54.1 Å². The highest BCUT2D eigenvalue weighted by atomic mass is 16.7. The standard InChI is InChI=1S/C46H76O11/c1-12-34-18-16-14-15-17-28(5)43(52)45(11,54)44(53)32(9)41(51)31(8)40(50)30(7)39(49)27(4)19-22-38(48)55-42-29(6)36(21-20-34)56-46(33(42)10)24-23-26(3)37(57-46)25-35(47)13-2/h14-16,18-19,22,26-37,39,41-43,47,49,51-52,54H,12-13,17,20-21,23-25H2,1-11H3/b15-14+,18-16+,22-19+/t26?,27-,28+,29+,30-,31-,32-,33?,34+,35?,36?,37?,39+,41-,42?,43+,45+,46?/m0/s1. The van der Waals surface area contributed by atoms with Crippen LogP contribution in [0.4, 0.5) is 0 Å². The van der Waals surface area contributed by atoms with Crippen molar-refractivity contribution in [2.75, 3.05) is 0 Å². The van der Waals surface area contributed by atoms with Crippen LogP contribution in [0.25, 0.3) is 0 Å². The molecular formula is C46H76O11. The first-order chi connectivity index (χ1) is 26.6. The molecule has 18 atom stereocenters. The van der Waals surface area contributed by atoms with Crippen LogP contribution in [0, 0.1) is 53.3 Å². The molecule has 0 aromatic carbocycles. The predicted octanol–water partition coefficient (Wildman–Crippen LogP) is 6.27. The van der Waals surface area contributed by atoms with Crippen LogP contribution in [0.1, 0.15) is 128 Å². The van der Waals surface area contributed by atoms with Gasteiger partial charge in [0.25, 0.3) is 0 Å². The second-order valence-electron chi connectivity index (χ2n) is 18.2. The Kier molecular flexibility index (Phi) is 18.4. The number of esters is 1. The Morgan fingerprint density at radius 1 is 0.825 bits per heavy atom. The molecule has 0 radical (unpaired) electrons. The van der Waals surface area contributed by atoms with Gasteiger partial charge < -0.3 is 39.7 Å². The molecule has 3 heterocycles. The number of Topliss-reactive ketones (excluding diaryl/α,β-unsaturated/α-hetero) is 2. The Bertz CT molecular complexity index is 1410. The zero-order valence-corrected chi connectivity index (χ0v) is 36.5. The van der Waals surface area contributed by atoms with Crippen molar-refractivity contribution in [1.29, 1.82) is 0 Å². The first-order valence-corrected chi connectivity index (χ1v) is 21.7. The van der Waals surface area contributed by atoms with E-state index in [-0.39, 0.29) is 35.9 Å². The quantitative estimate of drug-likeness (QED) is 0.202. The van der Waals surface area contributed by atoms with Gasteiger partial charge in [0.2, 0.25) is 0 Å². The van der Waals surface area contributed by atoms with Crippen molar-refractivity contribution in [1.82, 2.24) is 0 Å². The zero-order chi connectivity index (χ0) is 43.0. The average Bonchev–Trinajstić information content (AvgIpc) is 3.19. The fourth-order valence-electron chi connectivity index (χ4n) is 9.11. The van der Waals surface area contributed by atoms with Crippen LogP contribution in [0.15, 0.2) is 36.5 Å². The minimum Gasteiger partial charge on any atom is -0.458 e. The predicted molar refractivity (Wildman–Crippen MR) is 220 cm³/mol. The molecule has 0 aromatic heterocycles. The van der Waals surface area contributed by atoms with E-state index in [9.17, 15) is 39.9 Å². The molecule has 11 nitrogen and oxygen atoms in total. The number of allylic oxidation sites excluding steroid dienone is 4. The summed E-state index contributed by atoms with van der Waals surface area (Å²) in [6.45, 7) is 19.4. The molecule has 57 heavy (non-hydrogen) atoms. The minimum absolute atomic E-state index is 0.168. The maximum atomic E-state index is 13.6. The van der Waals surface area contributed by atoms with Crippen LogP contribution in [-0.4, -0.2) is 97.2 Å². The van der Waals surface area contributed by atoms with E-state index < -0.39 is 89.0 Å². The smallest absolute Gasteiger partial charge is 0.330 e. The normalized spacial score (nSPS) is 46.2. The first-order valence-electron chi connectivity index (χ1n) is 21.7. The number of aliphatic hydroxyl groups is 5. The van der Waals surface area contributed by atoms with E-state index in [0.717, 1.165) is 19.3 Å². The SMILES string of the molecule is CCC(O)CC1OC2(CCC1C)OC1CC[C@H](CC)/C=C/C=C/C[C@@H](C)[C@@H](O)[C@@](C)(O)C(=O)[C@@H](C)[C@@H](O)[C@@H](C)C(=O)[C@@H](C)[C@H](O)[C@@H](C)/C=C/C(=O)OC(C2C)[C@@H]1C. The summed E-state index contributed by atoms with van der Waals surface area (Å²) in [4.78, 5) is 40.6. The molecule has 7 unspecified atom stereocenters. The molecule has 2 fully saturated rings. The summed E-state index contributed by atoms with van der Waals surface area (Å²) in [5, 5.41) is 55.4. The molecule has 0 amide bonds. The molecule has 3 aliphatic heterocycles. The second-order valence-corrected chi connectivity index (χ2v) is 18.2. The van der Waals surface area contributed by atoms with Crippen LogP contribution >= 0.6 is 0 Å². The van der Waals surface area contributed by atoms with Crippen LogP contribution in [-0.2, 0) is 28.6 Å². The molecular weight excluding hydrogens is 728 g/mol. The van der Waals surface area contributed by atoms with Crippen LogP contribution in [0.3, 0.4) is 0 Å². The lowest BCUT2D eigenvalue weighted by molar-refractivity contribution is -0.371. The number of hydrogen-bond acceptors (Lipinski definition) is 11. The van der Waals surface area contributed by atoms with Gasteiger partial charge in [-0.15, -0.1) is 0 Å². The van der Waals surface area contributed by atoms with Crippen molar-refractivity contribution in [3.63, 3.8) is 0 Å². The lowest BCUT2D eigenvalue weighted by Crippen LogP contribution is -2.62. The molecule has 0 aromatic rings. The fourth-order valence-corrected chi connectivity index (χ4v) is 9.11. The summed E-state index contributed by atoms with van der Waals surface area (Å²) in [6.07, 6.45) is 10.3. The maximum Gasteiger partial charge on any atom is 0.330 e. The lowest BCUT2D eigenvalue weighted by Gasteiger charge is -2.55. The fraction of sp³-hybridized carbons (Fsp3) is 0.804. The van der Waals surface area contributed by atoms with Crippen molar-refractivity contribution in [2.24, 2.45) is 53.3 Å². The summed E-state index contributed by atoms with van der Waals surface area (Å²) >= 11 is 0. The number of ketones is 2. The monoisotopic (exact) mass is 805 g/mol. The molecule has 326 valence electrons. The van der Waals surface area contributed by atoms with Crippen LogP contribution in [0.5, 0.6) is 0 Å². The number of ether oxygens (including phenoxy) is 3. The van der Waals surface area contributed by atoms with Gasteiger partial charge in [-0.25, -0.2) is 4.79 Å². The van der Waals surface area contributed by atoms with E-state index >= 15 is 0 Å². The maximum absolute atomic E-state index is 13.6. The summed E-state index contributed by atoms with van der Waals surface area (Å²) < 4.78 is 20.1. The third kappa shape index (κ3) is 12.0. The van der Waals surface area contributed by atoms with Crippen LogP contribution < -0.4 is 0 Å². The molecule has 2 bridgehead atoms. The topological polar surface area (TPSA) is 180 Å². The lowest BCUT2D eigenvalue weighted by atomic mass is 9.74. The summed E-state index contributed by atoms with van der Waals surface area (Å²) in [7, 11) is 0. The third-order valence-corrected chi connectivity index (χ3v) is 13.8. The number of aliphatic hydroxyl groups excluding tert-OH is 4. The summed E-state index contributed by atoms with van der Waals surface area (Å²) in [5.41, 5.74) is -2.18. The van der Waals surface area contributed by atoms with Gasteiger partial charge in [0.05, 0.1) is 36.6 Å². The van der Waals surface area contributed by atoms with Crippen molar-refractivity contribution in [3.8, 4) is 0 Å². The first kappa shape index (κ1) is 49.1. The number of rotatable bonds is 4. The Morgan fingerprint density at radius 3 is 2.11 bits per heavy atom. The number of carbonyl (C=O) groups is 3. The highest BCUT2D eigenvalue weighted by molar-refractivity contribution is 5.91. The molecule has 1 spiro atoms. The zero-order valence-electron chi connectivity index (χ0n) is 36.5. The van der Waals surface area contributed by atoms with E-state index in [4.69, 9.17) is 14.2 Å². The molecule has 3 aliphatic rings. The van der Waals surface area contributed by atoms with E-state index in [1.54, 1.807) is 13.8 Å². The van der Waals surface area contributed by atoms with E-state index in [1.165, 1.54) is 39.8 Å². The van der Waals surface area contributed by atoms with Crippen molar-refractivity contribution >= 4 is 17.5 Å². The van der Waals surface area contributed by atoms with Gasteiger partial charge in [-0.05, 0) is 69.6 Å². The van der Waals surface area contributed by atoms with E-state index in [1.807, 2.05) is 39.0 Å². The molecule has 0 aliphatic carbocycles. The van der Waals surface area contributed by atoms with E-state index in [2.05, 4.69) is 19.9 Å². The Hall–Kier alpha value is -2.25. The number of carbonyl (C=O) groups excluding carboxylic acids is 3. The third-order valence-electron chi connectivity index (χ3n) is 13.8. The molecule has 11 heteroatoms.